The van der Waals surface area contributed by atoms with E-state index in [0.29, 0.717) is 18.5 Å². The minimum absolute atomic E-state index is 0.186. The number of rotatable bonds is 1. The molecule has 2 rings (SSSR count). The molecule has 5 nitrogen and oxygen atoms in total. The molecule has 0 bridgehead atoms. The third kappa shape index (κ3) is 1.41. The summed E-state index contributed by atoms with van der Waals surface area (Å²) in [5.41, 5.74) is 1.44. The number of carbonyl (C=O) groups excluding carboxylic acids is 1. The fourth-order valence-electron chi connectivity index (χ4n) is 1.75. The molecule has 1 saturated heterocycles. The van der Waals surface area contributed by atoms with Crippen molar-refractivity contribution in [1.29, 1.82) is 0 Å². The molecule has 0 aromatic rings. The summed E-state index contributed by atoms with van der Waals surface area (Å²) in [6, 6.07) is -0.738. The van der Waals surface area contributed by atoms with Crippen molar-refractivity contribution in [3.05, 3.63) is 33.4 Å². The second-order valence-electron chi connectivity index (χ2n) is 3.40. The molecule has 0 aromatic carbocycles. The van der Waals surface area contributed by atoms with Gasteiger partial charge in [0.1, 0.15) is 0 Å². The Morgan fingerprint density at radius 3 is 3.07 bits per heavy atom. The number of nitrogens with one attached hydrogen (secondary N) is 1. The molecule has 1 amide bonds. The molecule has 1 fully saturated rings. The van der Waals surface area contributed by atoms with Crippen LogP contribution in [-0.2, 0) is 4.79 Å². The first-order valence-electron chi connectivity index (χ1n) is 4.51. The van der Waals surface area contributed by atoms with Crippen LogP contribution in [0, 0.1) is 10.1 Å². The Morgan fingerprint density at radius 2 is 2.36 bits per heavy atom. The van der Waals surface area contributed by atoms with E-state index in [1.807, 2.05) is 6.08 Å². The maximum atomic E-state index is 11.4. The van der Waals surface area contributed by atoms with Gasteiger partial charge < -0.3 is 5.32 Å². The van der Waals surface area contributed by atoms with Crippen LogP contribution in [0.15, 0.2) is 23.3 Å². The van der Waals surface area contributed by atoms with Gasteiger partial charge in [-0.1, -0.05) is 6.08 Å². The van der Waals surface area contributed by atoms with Crippen molar-refractivity contribution >= 4 is 5.91 Å². The first-order chi connectivity index (χ1) is 6.68. The van der Waals surface area contributed by atoms with E-state index in [1.54, 1.807) is 0 Å². The zero-order valence-electron chi connectivity index (χ0n) is 7.53. The summed E-state index contributed by atoms with van der Waals surface area (Å²) < 4.78 is 0. The first-order valence-corrected chi connectivity index (χ1v) is 4.51. The second kappa shape index (κ2) is 3.25. The molecule has 1 aliphatic heterocycles. The van der Waals surface area contributed by atoms with Crippen LogP contribution in [0.5, 0.6) is 0 Å². The zero-order valence-corrected chi connectivity index (χ0v) is 7.53. The smallest absolute Gasteiger partial charge is 0.251 e. The van der Waals surface area contributed by atoms with E-state index in [2.05, 4.69) is 5.32 Å². The Morgan fingerprint density at radius 1 is 1.57 bits per heavy atom. The lowest BCUT2D eigenvalue weighted by Crippen LogP contribution is -2.35. The molecule has 1 N–H and O–H groups in total. The van der Waals surface area contributed by atoms with Crippen molar-refractivity contribution in [2.75, 3.05) is 6.54 Å². The van der Waals surface area contributed by atoms with Crippen LogP contribution >= 0.6 is 0 Å². The number of nitrogens with zero attached hydrogens (tertiary/aromatic N) is 1. The predicted octanol–water partition coefficient (Wildman–Crippen LogP) is 0.408. The van der Waals surface area contributed by atoms with E-state index >= 15 is 0 Å². The van der Waals surface area contributed by atoms with Gasteiger partial charge >= 0.3 is 0 Å². The average Bonchev–Trinajstić information content (AvgIpc) is 2.18. The van der Waals surface area contributed by atoms with Crippen molar-refractivity contribution in [2.45, 2.75) is 18.9 Å². The first kappa shape index (κ1) is 8.93. The molecule has 0 spiro atoms. The quantitative estimate of drug-likeness (QED) is 0.485. The van der Waals surface area contributed by atoms with Crippen molar-refractivity contribution in [3.63, 3.8) is 0 Å². The second-order valence-corrected chi connectivity index (χ2v) is 3.40. The molecular formula is C9H10N2O3. The van der Waals surface area contributed by atoms with Gasteiger partial charge in [0.25, 0.3) is 5.91 Å². The van der Waals surface area contributed by atoms with Crippen molar-refractivity contribution in [2.24, 2.45) is 0 Å². The number of hydrogen-bond donors (Lipinski definition) is 1. The zero-order chi connectivity index (χ0) is 10.1. The monoisotopic (exact) mass is 194 g/mol. The standard InChI is InChI=1S/C9H10N2O3/c12-9-8-5-7(11(13)14)2-1-6(8)3-4-10-9/h1,5,7H,2-4H2,(H,10,12). The van der Waals surface area contributed by atoms with Gasteiger partial charge in [-0.3, -0.25) is 14.9 Å². The number of piperidine rings is 1. The summed E-state index contributed by atoms with van der Waals surface area (Å²) in [5, 5.41) is 13.2. The third-order valence-corrected chi connectivity index (χ3v) is 2.51. The lowest BCUT2D eigenvalue weighted by Gasteiger charge is -2.22. The molecule has 5 heteroatoms. The Bertz CT molecular complexity index is 357. The van der Waals surface area contributed by atoms with Crippen molar-refractivity contribution in [3.8, 4) is 0 Å². The summed E-state index contributed by atoms with van der Waals surface area (Å²) >= 11 is 0. The summed E-state index contributed by atoms with van der Waals surface area (Å²) in [4.78, 5) is 21.5. The third-order valence-electron chi connectivity index (χ3n) is 2.51. The van der Waals surface area contributed by atoms with E-state index in [-0.39, 0.29) is 10.8 Å². The Kier molecular flexibility index (Phi) is 2.07. The highest BCUT2D eigenvalue weighted by molar-refractivity contribution is 5.99. The van der Waals surface area contributed by atoms with Gasteiger partial charge in [-0.25, -0.2) is 0 Å². The fourth-order valence-corrected chi connectivity index (χ4v) is 1.75. The fraction of sp³-hybridized carbons (Fsp3) is 0.444. The summed E-state index contributed by atoms with van der Waals surface area (Å²) in [6.07, 6.45) is 4.45. The van der Waals surface area contributed by atoms with Gasteiger partial charge in [0.2, 0.25) is 6.04 Å². The number of amides is 1. The van der Waals surface area contributed by atoms with Gasteiger partial charge in [-0.2, -0.15) is 0 Å². The number of nitro groups is 1. The highest BCUT2D eigenvalue weighted by Crippen LogP contribution is 2.25. The van der Waals surface area contributed by atoms with Gasteiger partial charge in [0, 0.05) is 29.5 Å². The molecule has 74 valence electrons. The maximum absolute atomic E-state index is 11.4. The van der Waals surface area contributed by atoms with Crippen LogP contribution < -0.4 is 5.32 Å². The summed E-state index contributed by atoms with van der Waals surface area (Å²) in [7, 11) is 0. The van der Waals surface area contributed by atoms with Crippen LogP contribution in [-0.4, -0.2) is 23.4 Å². The van der Waals surface area contributed by atoms with Gasteiger partial charge in [-0.05, 0) is 12.0 Å². The molecule has 1 atom stereocenters. The minimum atomic E-state index is -0.738. The molecule has 1 aliphatic carbocycles. The molecule has 14 heavy (non-hydrogen) atoms. The lowest BCUT2D eigenvalue weighted by atomic mass is 9.90. The Hall–Kier alpha value is -1.65. The summed E-state index contributed by atoms with van der Waals surface area (Å²) in [5.74, 6) is -0.186. The van der Waals surface area contributed by atoms with Crippen LogP contribution in [0.1, 0.15) is 12.8 Å². The van der Waals surface area contributed by atoms with Crippen LogP contribution in [0.4, 0.5) is 0 Å². The predicted molar refractivity (Wildman–Crippen MR) is 49.2 cm³/mol. The van der Waals surface area contributed by atoms with E-state index in [0.717, 1.165) is 12.0 Å². The number of hydrogen-bond acceptors (Lipinski definition) is 3. The van der Waals surface area contributed by atoms with E-state index in [4.69, 9.17) is 0 Å². The maximum Gasteiger partial charge on any atom is 0.251 e. The van der Waals surface area contributed by atoms with Crippen LogP contribution in [0.25, 0.3) is 0 Å². The van der Waals surface area contributed by atoms with Gasteiger partial charge in [0.05, 0.1) is 0 Å². The molecule has 0 saturated carbocycles. The topological polar surface area (TPSA) is 72.2 Å². The van der Waals surface area contributed by atoms with Gasteiger partial charge in [-0.15, -0.1) is 0 Å². The normalized spacial score (nSPS) is 25.7. The molecule has 0 aromatic heterocycles. The highest BCUT2D eigenvalue weighted by Gasteiger charge is 2.28. The van der Waals surface area contributed by atoms with E-state index in [9.17, 15) is 14.9 Å². The highest BCUT2D eigenvalue weighted by atomic mass is 16.6. The van der Waals surface area contributed by atoms with Crippen LogP contribution in [0.3, 0.4) is 0 Å². The molecule has 1 heterocycles. The molecular weight excluding hydrogens is 184 g/mol. The average molecular weight is 194 g/mol. The number of carbonyl (C=O) groups is 1. The Balaban J connectivity index is 2.28. The minimum Gasteiger partial charge on any atom is -0.352 e. The summed E-state index contributed by atoms with van der Waals surface area (Å²) in [6.45, 7) is 0.630. The van der Waals surface area contributed by atoms with Crippen molar-refractivity contribution < 1.29 is 9.72 Å². The molecule has 2 aliphatic rings. The van der Waals surface area contributed by atoms with Gasteiger partial charge in [0.15, 0.2) is 0 Å². The van der Waals surface area contributed by atoms with E-state index in [1.165, 1.54) is 6.08 Å². The SMILES string of the molecule is O=C1NCCC2=CCC([N+](=O)[O-])C=C12. The van der Waals surface area contributed by atoms with E-state index < -0.39 is 6.04 Å². The Labute approximate surface area is 80.6 Å². The molecule has 1 unspecified atom stereocenters. The van der Waals surface area contributed by atoms with Crippen LogP contribution in [0.2, 0.25) is 0 Å². The molecule has 0 radical (unpaired) electrons. The number of fused-ring (bicyclic) bond motifs is 1. The lowest BCUT2D eigenvalue weighted by molar-refractivity contribution is -0.508. The largest absolute Gasteiger partial charge is 0.352 e. The van der Waals surface area contributed by atoms with Crippen molar-refractivity contribution in [1.82, 2.24) is 5.32 Å².